The predicted octanol–water partition coefficient (Wildman–Crippen LogP) is 5.56. The minimum atomic E-state index is 0.384. The molecular formula is C18H25NS. The van der Waals surface area contributed by atoms with E-state index in [1.165, 1.54) is 34.4 Å². The fourth-order valence-electron chi connectivity index (χ4n) is 2.79. The third kappa shape index (κ3) is 3.71. The molecule has 20 heavy (non-hydrogen) atoms. The number of nitrogens with one attached hydrogen (secondary N) is 1. The Morgan fingerprint density at radius 3 is 2.60 bits per heavy atom. The highest BCUT2D eigenvalue weighted by atomic mass is 32.1. The van der Waals surface area contributed by atoms with Gasteiger partial charge in [0, 0.05) is 17.0 Å². The van der Waals surface area contributed by atoms with Crippen LogP contribution in [0.4, 0.5) is 0 Å². The van der Waals surface area contributed by atoms with Gasteiger partial charge in [-0.1, -0.05) is 43.2 Å². The van der Waals surface area contributed by atoms with Gasteiger partial charge in [-0.2, -0.15) is 0 Å². The van der Waals surface area contributed by atoms with E-state index in [1.54, 1.807) is 0 Å². The van der Waals surface area contributed by atoms with Crippen molar-refractivity contribution in [2.45, 2.75) is 52.6 Å². The summed E-state index contributed by atoms with van der Waals surface area (Å²) in [4.78, 5) is 1.45. The average Bonchev–Trinajstić information content (AvgIpc) is 2.91. The monoisotopic (exact) mass is 287 g/mol. The van der Waals surface area contributed by atoms with Gasteiger partial charge in [0.05, 0.1) is 0 Å². The number of aryl methyl sites for hydroxylation is 2. The lowest BCUT2D eigenvalue weighted by Crippen LogP contribution is -2.24. The van der Waals surface area contributed by atoms with Gasteiger partial charge >= 0.3 is 0 Å². The topological polar surface area (TPSA) is 12.0 Å². The highest BCUT2D eigenvalue weighted by Gasteiger charge is 2.16. The molecule has 2 atom stereocenters. The first-order chi connectivity index (χ1) is 9.61. The second kappa shape index (κ2) is 7.05. The minimum absolute atomic E-state index is 0.384. The molecule has 108 valence electrons. The summed E-state index contributed by atoms with van der Waals surface area (Å²) in [5, 5.41) is 5.98. The van der Waals surface area contributed by atoms with E-state index >= 15 is 0 Å². The second-order valence-electron chi connectivity index (χ2n) is 5.61. The molecule has 2 aromatic rings. The van der Waals surface area contributed by atoms with Gasteiger partial charge in [-0.15, -0.1) is 11.3 Å². The average molecular weight is 287 g/mol. The molecular weight excluding hydrogens is 262 g/mol. The summed E-state index contributed by atoms with van der Waals surface area (Å²) >= 11 is 1.85. The molecule has 2 unspecified atom stereocenters. The first-order valence-electron chi connectivity index (χ1n) is 7.48. The van der Waals surface area contributed by atoms with Crippen molar-refractivity contribution >= 4 is 11.3 Å². The van der Waals surface area contributed by atoms with E-state index in [0.717, 1.165) is 0 Å². The highest BCUT2D eigenvalue weighted by molar-refractivity contribution is 7.10. The van der Waals surface area contributed by atoms with Crippen molar-refractivity contribution in [3.05, 3.63) is 57.3 Å². The molecule has 0 saturated heterocycles. The zero-order valence-corrected chi connectivity index (χ0v) is 13.8. The maximum absolute atomic E-state index is 3.81. The Morgan fingerprint density at radius 1 is 1.20 bits per heavy atom. The van der Waals surface area contributed by atoms with Crippen molar-refractivity contribution in [2.24, 2.45) is 0 Å². The third-order valence-electron chi connectivity index (χ3n) is 3.81. The van der Waals surface area contributed by atoms with E-state index in [9.17, 15) is 0 Å². The molecule has 0 aliphatic heterocycles. The second-order valence-corrected chi connectivity index (χ2v) is 6.58. The first kappa shape index (κ1) is 15.3. The summed E-state index contributed by atoms with van der Waals surface area (Å²) in [6.07, 6.45) is 2.39. The molecule has 0 aliphatic rings. The lowest BCUT2D eigenvalue weighted by molar-refractivity contribution is 0.444. The Bertz CT molecular complexity index is 530. The van der Waals surface area contributed by atoms with Gasteiger partial charge in [-0.3, -0.25) is 0 Å². The van der Waals surface area contributed by atoms with Crippen LogP contribution in [-0.4, -0.2) is 0 Å². The van der Waals surface area contributed by atoms with E-state index in [4.69, 9.17) is 0 Å². The van der Waals surface area contributed by atoms with E-state index in [2.05, 4.69) is 68.7 Å². The van der Waals surface area contributed by atoms with Crippen LogP contribution in [0.15, 0.2) is 35.7 Å². The van der Waals surface area contributed by atoms with Crippen LogP contribution in [0.1, 0.15) is 60.3 Å². The van der Waals surface area contributed by atoms with Crippen molar-refractivity contribution < 1.29 is 0 Å². The molecule has 2 heteroatoms. The molecule has 0 radical (unpaired) electrons. The first-order valence-corrected chi connectivity index (χ1v) is 8.36. The molecule has 0 saturated carbocycles. The van der Waals surface area contributed by atoms with E-state index in [0.29, 0.717) is 12.1 Å². The summed E-state index contributed by atoms with van der Waals surface area (Å²) in [6.45, 7) is 8.89. The molecule has 1 heterocycles. The van der Waals surface area contributed by atoms with Gasteiger partial charge in [-0.05, 0) is 49.8 Å². The van der Waals surface area contributed by atoms with Crippen LogP contribution in [0.3, 0.4) is 0 Å². The molecule has 0 amide bonds. The highest BCUT2D eigenvalue weighted by Crippen LogP contribution is 2.28. The van der Waals surface area contributed by atoms with Gasteiger partial charge in [0.1, 0.15) is 0 Å². The Labute approximate surface area is 127 Å². The van der Waals surface area contributed by atoms with E-state index < -0.39 is 0 Å². The van der Waals surface area contributed by atoms with Gasteiger partial charge in [0.2, 0.25) is 0 Å². The van der Waals surface area contributed by atoms with Gasteiger partial charge in [0.25, 0.3) is 0 Å². The number of rotatable bonds is 6. The van der Waals surface area contributed by atoms with Crippen LogP contribution in [-0.2, 0) is 0 Å². The molecule has 0 fully saturated rings. The fourth-order valence-corrected chi connectivity index (χ4v) is 3.61. The fraction of sp³-hybridized carbons (Fsp3) is 0.444. The van der Waals surface area contributed by atoms with Gasteiger partial charge in [0.15, 0.2) is 0 Å². The number of benzene rings is 1. The van der Waals surface area contributed by atoms with E-state index in [-0.39, 0.29) is 0 Å². The van der Waals surface area contributed by atoms with Crippen molar-refractivity contribution in [2.75, 3.05) is 0 Å². The Balaban J connectivity index is 2.13. The molecule has 0 bridgehead atoms. The molecule has 2 rings (SSSR count). The Kier molecular flexibility index (Phi) is 5.38. The molecule has 0 aliphatic carbocycles. The van der Waals surface area contributed by atoms with Crippen molar-refractivity contribution in [1.29, 1.82) is 0 Å². The largest absolute Gasteiger partial charge is 0.303 e. The number of hydrogen-bond donors (Lipinski definition) is 1. The lowest BCUT2D eigenvalue weighted by Gasteiger charge is -2.24. The van der Waals surface area contributed by atoms with Crippen molar-refractivity contribution in [3.63, 3.8) is 0 Å². The summed E-state index contributed by atoms with van der Waals surface area (Å²) in [5.74, 6) is 0. The summed E-state index contributed by atoms with van der Waals surface area (Å²) in [7, 11) is 0. The van der Waals surface area contributed by atoms with Crippen LogP contribution in [0.5, 0.6) is 0 Å². The van der Waals surface area contributed by atoms with Crippen molar-refractivity contribution in [3.8, 4) is 0 Å². The van der Waals surface area contributed by atoms with Crippen LogP contribution < -0.4 is 5.32 Å². The zero-order chi connectivity index (χ0) is 14.5. The standard InChI is InChI=1S/C18H25NS/c1-5-7-17(18-8-6-11-20-18)19-15(4)16-10-9-13(2)12-14(16)3/h6,8-12,15,17,19H,5,7H2,1-4H3. The SMILES string of the molecule is CCCC(NC(C)c1ccc(C)cc1C)c1cccs1. The Hall–Kier alpha value is -1.12. The maximum Gasteiger partial charge on any atom is 0.0419 e. The third-order valence-corrected chi connectivity index (χ3v) is 4.79. The quantitative estimate of drug-likeness (QED) is 0.733. The molecule has 1 nitrogen and oxygen atoms in total. The van der Waals surface area contributed by atoms with E-state index in [1.807, 2.05) is 11.3 Å². The number of thiophene rings is 1. The normalized spacial score (nSPS) is 14.2. The number of hydrogen-bond acceptors (Lipinski definition) is 2. The van der Waals surface area contributed by atoms with Gasteiger partial charge < -0.3 is 5.32 Å². The molecule has 1 aromatic carbocycles. The smallest absolute Gasteiger partial charge is 0.0419 e. The minimum Gasteiger partial charge on any atom is -0.303 e. The summed E-state index contributed by atoms with van der Waals surface area (Å²) < 4.78 is 0. The molecule has 1 aromatic heterocycles. The van der Waals surface area contributed by atoms with Gasteiger partial charge in [-0.25, -0.2) is 0 Å². The van der Waals surface area contributed by atoms with Crippen LogP contribution in [0, 0.1) is 13.8 Å². The summed E-state index contributed by atoms with van der Waals surface area (Å²) in [5.41, 5.74) is 4.13. The van der Waals surface area contributed by atoms with Crippen molar-refractivity contribution in [1.82, 2.24) is 5.32 Å². The summed E-state index contributed by atoms with van der Waals surface area (Å²) in [6, 6.07) is 12.0. The van der Waals surface area contributed by atoms with Crippen LogP contribution >= 0.6 is 11.3 Å². The molecule has 0 spiro atoms. The lowest BCUT2D eigenvalue weighted by atomic mass is 9.99. The molecule has 1 N–H and O–H groups in total. The predicted molar refractivity (Wildman–Crippen MR) is 89.4 cm³/mol. The van der Waals surface area contributed by atoms with Crippen LogP contribution in [0.25, 0.3) is 0 Å². The van der Waals surface area contributed by atoms with Crippen LogP contribution in [0.2, 0.25) is 0 Å². The maximum atomic E-state index is 3.81. The zero-order valence-electron chi connectivity index (χ0n) is 12.9. The Morgan fingerprint density at radius 2 is 2.00 bits per heavy atom.